The standard InChI is InChI=1S/C26H26N2O5S/c1-3-32-24-19(8-6-14-27-24)26(31)33-15-21(29)28-25-22(18-7-4-5-9-20(18)34-25)23(30)17-12-10-16(2)11-13-17/h6,8,10-14H,3-5,7,9,15H2,1-2H3,(H,28,29). The molecule has 1 amide bonds. The summed E-state index contributed by atoms with van der Waals surface area (Å²) < 4.78 is 10.5. The van der Waals surface area contributed by atoms with Gasteiger partial charge >= 0.3 is 5.97 Å². The average molecular weight is 479 g/mol. The van der Waals surface area contributed by atoms with Crippen LogP contribution in [-0.2, 0) is 22.4 Å². The van der Waals surface area contributed by atoms with Crippen molar-refractivity contribution in [2.75, 3.05) is 18.5 Å². The van der Waals surface area contributed by atoms with E-state index in [1.165, 1.54) is 23.6 Å². The molecule has 1 aliphatic carbocycles. The number of anilines is 1. The molecule has 0 fully saturated rings. The average Bonchev–Trinajstić information content (AvgIpc) is 3.20. The predicted molar refractivity (Wildman–Crippen MR) is 130 cm³/mol. The van der Waals surface area contributed by atoms with Gasteiger partial charge in [-0.3, -0.25) is 9.59 Å². The number of aryl methyl sites for hydroxylation is 2. The highest BCUT2D eigenvalue weighted by Crippen LogP contribution is 2.39. The first-order valence-electron chi connectivity index (χ1n) is 11.3. The minimum absolute atomic E-state index is 0.108. The Kier molecular flexibility index (Phi) is 7.37. The number of nitrogens with zero attached hydrogens (tertiary/aromatic N) is 1. The number of esters is 1. The number of ketones is 1. The number of aromatic nitrogens is 1. The van der Waals surface area contributed by atoms with E-state index in [2.05, 4.69) is 10.3 Å². The van der Waals surface area contributed by atoms with Gasteiger partial charge in [0.2, 0.25) is 5.88 Å². The van der Waals surface area contributed by atoms with E-state index < -0.39 is 18.5 Å². The number of rotatable bonds is 8. The highest BCUT2D eigenvalue weighted by atomic mass is 32.1. The topological polar surface area (TPSA) is 94.6 Å². The van der Waals surface area contributed by atoms with E-state index in [-0.39, 0.29) is 17.2 Å². The molecule has 0 atom stereocenters. The van der Waals surface area contributed by atoms with Crippen LogP contribution in [0.25, 0.3) is 0 Å². The summed E-state index contributed by atoms with van der Waals surface area (Å²) in [5, 5.41) is 3.32. The Hall–Kier alpha value is -3.52. The molecule has 2 aromatic heterocycles. The maximum Gasteiger partial charge on any atom is 0.344 e. The number of pyridine rings is 1. The summed E-state index contributed by atoms with van der Waals surface area (Å²) in [5.74, 6) is -1.16. The van der Waals surface area contributed by atoms with Gasteiger partial charge in [-0.05, 0) is 57.2 Å². The number of nitrogens with one attached hydrogen (secondary N) is 1. The van der Waals surface area contributed by atoms with Crippen molar-refractivity contribution >= 4 is 34.0 Å². The Bertz CT molecular complexity index is 1220. The van der Waals surface area contributed by atoms with E-state index >= 15 is 0 Å². The van der Waals surface area contributed by atoms with E-state index in [0.717, 1.165) is 41.7 Å². The van der Waals surface area contributed by atoms with Gasteiger partial charge in [-0.15, -0.1) is 11.3 Å². The molecule has 4 rings (SSSR count). The van der Waals surface area contributed by atoms with Crippen LogP contribution in [-0.4, -0.2) is 35.9 Å². The van der Waals surface area contributed by atoms with E-state index in [4.69, 9.17) is 9.47 Å². The summed E-state index contributed by atoms with van der Waals surface area (Å²) >= 11 is 1.43. The monoisotopic (exact) mass is 478 g/mol. The van der Waals surface area contributed by atoms with Crippen LogP contribution in [0.15, 0.2) is 42.6 Å². The number of ether oxygens (including phenoxy) is 2. The van der Waals surface area contributed by atoms with Crippen molar-refractivity contribution in [3.8, 4) is 5.88 Å². The van der Waals surface area contributed by atoms with Gasteiger partial charge in [-0.2, -0.15) is 0 Å². The van der Waals surface area contributed by atoms with Crippen molar-refractivity contribution < 1.29 is 23.9 Å². The van der Waals surface area contributed by atoms with E-state index in [9.17, 15) is 14.4 Å². The Morgan fingerprint density at radius 2 is 1.85 bits per heavy atom. The normalized spacial score (nSPS) is 12.5. The van der Waals surface area contributed by atoms with Gasteiger partial charge in [0.1, 0.15) is 10.6 Å². The molecule has 176 valence electrons. The van der Waals surface area contributed by atoms with Crippen LogP contribution < -0.4 is 10.1 Å². The molecule has 0 unspecified atom stereocenters. The number of carbonyl (C=O) groups is 3. The summed E-state index contributed by atoms with van der Waals surface area (Å²) in [6.45, 7) is 3.61. The first-order valence-corrected chi connectivity index (χ1v) is 12.1. The fourth-order valence-electron chi connectivity index (χ4n) is 3.91. The second kappa shape index (κ2) is 10.6. The van der Waals surface area contributed by atoms with Crippen LogP contribution >= 0.6 is 11.3 Å². The number of hydrogen-bond acceptors (Lipinski definition) is 7. The highest BCUT2D eigenvalue weighted by molar-refractivity contribution is 7.17. The smallest absolute Gasteiger partial charge is 0.344 e. The molecule has 1 aliphatic rings. The number of thiophene rings is 1. The lowest BCUT2D eigenvalue weighted by Crippen LogP contribution is -2.22. The SMILES string of the molecule is CCOc1ncccc1C(=O)OCC(=O)Nc1sc2c(c1C(=O)c1ccc(C)cc1)CCCC2. The summed E-state index contributed by atoms with van der Waals surface area (Å²) in [6, 6.07) is 10.5. The number of carbonyl (C=O) groups excluding carboxylic acids is 3. The van der Waals surface area contributed by atoms with Crippen LogP contribution in [0.3, 0.4) is 0 Å². The predicted octanol–water partition coefficient (Wildman–Crippen LogP) is 4.76. The van der Waals surface area contributed by atoms with Gasteiger partial charge in [-0.1, -0.05) is 29.8 Å². The lowest BCUT2D eigenvalue weighted by molar-refractivity contribution is -0.119. The van der Waals surface area contributed by atoms with Crippen LogP contribution in [0.5, 0.6) is 5.88 Å². The first-order chi connectivity index (χ1) is 16.5. The zero-order valence-corrected chi connectivity index (χ0v) is 20.0. The Morgan fingerprint density at radius 1 is 1.09 bits per heavy atom. The zero-order chi connectivity index (χ0) is 24.1. The van der Waals surface area contributed by atoms with Crippen LogP contribution in [0.1, 0.15) is 62.0 Å². The molecule has 0 spiro atoms. The third kappa shape index (κ3) is 5.17. The van der Waals surface area contributed by atoms with Crippen molar-refractivity contribution in [1.82, 2.24) is 4.98 Å². The summed E-state index contributed by atoms with van der Waals surface area (Å²) in [7, 11) is 0. The van der Waals surface area contributed by atoms with Crippen LogP contribution in [0.2, 0.25) is 0 Å². The third-order valence-electron chi connectivity index (χ3n) is 5.57. The van der Waals surface area contributed by atoms with Crippen molar-refractivity contribution in [3.63, 3.8) is 0 Å². The molecule has 2 heterocycles. The van der Waals surface area contributed by atoms with E-state index in [1.54, 1.807) is 13.0 Å². The molecule has 7 nitrogen and oxygen atoms in total. The van der Waals surface area contributed by atoms with E-state index in [1.807, 2.05) is 31.2 Å². The fraction of sp³-hybridized carbons (Fsp3) is 0.308. The molecule has 0 aliphatic heterocycles. The summed E-state index contributed by atoms with van der Waals surface area (Å²) in [5.41, 5.74) is 3.37. The number of benzene rings is 1. The highest BCUT2D eigenvalue weighted by Gasteiger charge is 2.27. The lowest BCUT2D eigenvalue weighted by atomic mass is 9.91. The molecule has 34 heavy (non-hydrogen) atoms. The fourth-order valence-corrected chi connectivity index (χ4v) is 5.22. The van der Waals surface area contributed by atoms with Gasteiger partial charge < -0.3 is 14.8 Å². The largest absolute Gasteiger partial charge is 0.477 e. The van der Waals surface area contributed by atoms with Crippen LogP contribution in [0.4, 0.5) is 5.00 Å². The number of amides is 1. The first kappa shape index (κ1) is 23.6. The van der Waals surface area contributed by atoms with Crippen molar-refractivity contribution in [3.05, 3.63) is 75.3 Å². The third-order valence-corrected chi connectivity index (χ3v) is 6.78. The summed E-state index contributed by atoms with van der Waals surface area (Å²) in [4.78, 5) is 43.7. The molecule has 0 saturated heterocycles. The quantitative estimate of drug-likeness (QED) is 0.371. The Labute approximate surface area is 202 Å². The molecule has 0 radical (unpaired) electrons. The molecule has 8 heteroatoms. The minimum Gasteiger partial charge on any atom is -0.477 e. The van der Waals surface area contributed by atoms with Gasteiger partial charge in [-0.25, -0.2) is 9.78 Å². The molecule has 1 N–H and O–H groups in total. The summed E-state index contributed by atoms with van der Waals surface area (Å²) in [6.07, 6.45) is 5.28. The second-order valence-corrected chi connectivity index (χ2v) is 9.13. The number of hydrogen-bond donors (Lipinski definition) is 1. The van der Waals surface area contributed by atoms with Crippen LogP contribution in [0, 0.1) is 6.92 Å². The van der Waals surface area contributed by atoms with Crippen molar-refractivity contribution in [1.29, 1.82) is 0 Å². The zero-order valence-electron chi connectivity index (χ0n) is 19.2. The molecule has 3 aromatic rings. The van der Waals surface area contributed by atoms with Gasteiger partial charge in [0.15, 0.2) is 12.4 Å². The second-order valence-electron chi connectivity index (χ2n) is 8.02. The van der Waals surface area contributed by atoms with Gasteiger partial charge in [0, 0.05) is 16.6 Å². The molecule has 0 bridgehead atoms. The van der Waals surface area contributed by atoms with Gasteiger partial charge in [0.05, 0.1) is 12.2 Å². The molecule has 0 saturated carbocycles. The van der Waals surface area contributed by atoms with Crippen molar-refractivity contribution in [2.24, 2.45) is 0 Å². The Balaban J connectivity index is 1.51. The lowest BCUT2D eigenvalue weighted by Gasteiger charge is -2.13. The number of fused-ring (bicyclic) bond motifs is 1. The van der Waals surface area contributed by atoms with Gasteiger partial charge in [0.25, 0.3) is 5.91 Å². The maximum absolute atomic E-state index is 13.4. The molecular weight excluding hydrogens is 452 g/mol. The minimum atomic E-state index is -0.701. The van der Waals surface area contributed by atoms with Crippen molar-refractivity contribution in [2.45, 2.75) is 39.5 Å². The Morgan fingerprint density at radius 3 is 2.62 bits per heavy atom. The molecular formula is C26H26N2O5S. The molecule has 1 aromatic carbocycles. The van der Waals surface area contributed by atoms with E-state index in [0.29, 0.717) is 22.7 Å². The maximum atomic E-state index is 13.4.